The van der Waals surface area contributed by atoms with E-state index in [-0.39, 0.29) is 0 Å². The SMILES string of the molecule is c1nc2cc(CN3CCc4nc(C5CCOCC5)nn4CC3)ccn2n1. The monoisotopic (exact) mass is 353 g/mol. The van der Waals surface area contributed by atoms with Crippen LogP contribution in [0.2, 0.25) is 0 Å². The molecule has 0 atom stereocenters. The van der Waals surface area contributed by atoms with Crippen molar-refractivity contribution in [1.29, 1.82) is 0 Å². The first kappa shape index (κ1) is 15.9. The quantitative estimate of drug-likeness (QED) is 0.706. The van der Waals surface area contributed by atoms with Crippen LogP contribution in [-0.2, 0) is 24.2 Å². The molecule has 0 amide bonds. The van der Waals surface area contributed by atoms with Gasteiger partial charge in [0.05, 0.1) is 6.54 Å². The third-order valence-corrected chi connectivity index (χ3v) is 5.38. The molecule has 136 valence electrons. The Morgan fingerprint density at radius 3 is 3.00 bits per heavy atom. The van der Waals surface area contributed by atoms with Gasteiger partial charge in [0, 0.05) is 51.4 Å². The highest BCUT2D eigenvalue weighted by atomic mass is 16.5. The molecule has 5 rings (SSSR count). The minimum atomic E-state index is 0.467. The Morgan fingerprint density at radius 2 is 2.08 bits per heavy atom. The van der Waals surface area contributed by atoms with Gasteiger partial charge >= 0.3 is 0 Å². The molecule has 0 bridgehead atoms. The lowest BCUT2D eigenvalue weighted by Crippen LogP contribution is -2.27. The second-order valence-corrected chi connectivity index (χ2v) is 7.12. The van der Waals surface area contributed by atoms with E-state index in [1.54, 1.807) is 10.8 Å². The van der Waals surface area contributed by atoms with Crippen LogP contribution in [-0.4, -0.2) is 60.6 Å². The summed E-state index contributed by atoms with van der Waals surface area (Å²) in [6.07, 6.45) is 6.60. The van der Waals surface area contributed by atoms with Gasteiger partial charge in [-0.25, -0.2) is 19.2 Å². The fourth-order valence-electron chi connectivity index (χ4n) is 3.86. The van der Waals surface area contributed by atoms with Gasteiger partial charge in [-0.2, -0.15) is 10.2 Å². The smallest absolute Gasteiger partial charge is 0.155 e. The maximum absolute atomic E-state index is 5.46. The number of fused-ring (bicyclic) bond motifs is 2. The van der Waals surface area contributed by atoms with Crippen LogP contribution < -0.4 is 0 Å². The highest BCUT2D eigenvalue weighted by molar-refractivity contribution is 5.39. The number of pyridine rings is 1. The zero-order valence-electron chi connectivity index (χ0n) is 14.8. The molecule has 26 heavy (non-hydrogen) atoms. The van der Waals surface area contributed by atoms with Crippen molar-refractivity contribution in [2.75, 3.05) is 26.3 Å². The Kier molecular flexibility index (Phi) is 4.14. The number of aromatic nitrogens is 6. The molecule has 0 radical (unpaired) electrons. The molecule has 3 aromatic rings. The van der Waals surface area contributed by atoms with Crippen LogP contribution in [0.4, 0.5) is 0 Å². The third kappa shape index (κ3) is 3.10. The lowest BCUT2D eigenvalue weighted by molar-refractivity contribution is 0.0835. The molecule has 2 aliphatic rings. The summed E-state index contributed by atoms with van der Waals surface area (Å²) in [4.78, 5) is 11.6. The summed E-state index contributed by atoms with van der Waals surface area (Å²) in [5.41, 5.74) is 2.16. The number of rotatable bonds is 3. The van der Waals surface area contributed by atoms with Crippen LogP contribution in [0, 0.1) is 0 Å². The van der Waals surface area contributed by atoms with E-state index in [9.17, 15) is 0 Å². The second kappa shape index (κ2) is 6.77. The molecular weight excluding hydrogens is 330 g/mol. The van der Waals surface area contributed by atoms with Crippen molar-refractivity contribution in [1.82, 2.24) is 34.3 Å². The molecule has 3 aromatic heterocycles. The van der Waals surface area contributed by atoms with E-state index in [1.165, 1.54) is 5.56 Å². The van der Waals surface area contributed by atoms with Gasteiger partial charge in [-0.15, -0.1) is 0 Å². The average Bonchev–Trinajstić information content (AvgIpc) is 3.27. The Labute approximate surface area is 151 Å². The van der Waals surface area contributed by atoms with E-state index in [1.807, 2.05) is 6.20 Å². The molecule has 8 nitrogen and oxygen atoms in total. The van der Waals surface area contributed by atoms with Crippen molar-refractivity contribution in [2.24, 2.45) is 0 Å². The van der Waals surface area contributed by atoms with E-state index in [2.05, 4.69) is 31.8 Å². The molecule has 0 unspecified atom stereocenters. The van der Waals surface area contributed by atoms with Crippen LogP contribution >= 0.6 is 0 Å². The highest BCUT2D eigenvalue weighted by Gasteiger charge is 2.23. The van der Waals surface area contributed by atoms with E-state index in [0.29, 0.717) is 5.92 Å². The predicted molar refractivity (Wildman–Crippen MR) is 94.8 cm³/mol. The van der Waals surface area contributed by atoms with Crippen LogP contribution in [0.25, 0.3) is 5.65 Å². The number of hydrogen-bond donors (Lipinski definition) is 0. The van der Waals surface area contributed by atoms with Crippen LogP contribution in [0.1, 0.15) is 36.0 Å². The van der Waals surface area contributed by atoms with E-state index >= 15 is 0 Å². The lowest BCUT2D eigenvalue weighted by Gasteiger charge is -2.20. The molecule has 8 heteroatoms. The lowest BCUT2D eigenvalue weighted by atomic mass is 10.00. The first-order chi connectivity index (χ1) is 12.8. The first-order valence-electron chi connectivity index (χ1n) is 9.37. The molecule has 1 fully saturated rings. The van der Waals surface area contributed by atoms with Gasteiger partial charge < -0.3 is 4.74 Å². The van der Waals surface area contributed by atoms with E-state index in [4.69, 9.17) is 14.8 Å². The Bertz CT molecular complexity index is 870. The fourth-order valence-corrected chi connectivity index (χ4v) is 3.86. The summed E-state index contributed by atoms with van der Waals surface area (Å²) in [6.45, 7) is 5.47. The maximum Gasteiger partial charge on any atom is 0.155 e. The summed E-state index contributed by atoms with van der Waals surface area (Å²) in [5, 5.41) is 8.96. The topological polar surface area (TPSA) is 73.4 Å². The molecule has 0 saturated carbocycles. The molecule has 0 spiro atoms. The van der Waals surface area contributed by atoms with Gasteiger partial charge in [-0.1, -0.05) is 0 Å². The van der Waals surface area contributed by atoms with Crippen molar-refractivity contribution in [3.8, 4) is 0 Å². The summed E-state index contributed by atoms with van der Waals surface area (Å²) >= 11 is 0. The summed E-state index contributed by atoms with van der Waals surface area (Å²) in [5.74, 6) is 2.62. The van der Waals surface area contributed by atoms with E-state index in [0.717, 1.165) is 76.0 Å². The summed E-state index contributed by atoms with van der Waals surface area (Å²) in [7, 11) is 0. The second-order valence-electron chi connectivity index (χ2n) is 7.12. The van der Waals surface area contributed by atoms with Gasteiger partial charge in [0.15, 0.2) is 11.5 Å². The summed E-state index contributed by atoms with van der Waals surface area (Å²) in [6, 6.07) is 4.23. The number of nitrogens with zero attached hydrogens (tertiary/aromatic N) is 7. The average molecular weight is 353 g/mol. The minimum Gasteiger partial charge on any atom is -0.381 e. The Hall–Kier alpha value is -2.32. The molecule has 0 aromatic carbocycles. The normalized spacial score (nSPS) is 19.5. The molecule has 2 aliphatic heterocycles. The van der Waals surface area contributed by atoms with Crippen molar-refractivity contribution >= 4 is 5.65 Å². The molecule has 1 saturated heterocycles. The highest BCUT2D eigenvalue weighted by Crippen LogP contribution is 2.25. The predicted octanol–water partition coefficient (Wildman–Crippen LogP) is 1.27. The van der Waals surface area contributed by atoms with Gasteiger partial charge in [-0.3, -0.25) is 4.90 Å². The van der Waals surface area contributed by atoms with Crippen molar-refractivity contribution < 1.29 is 4.74 Å². The van der Waals surface area contributed by atoms with Gasteiger partial charge in [0.2, 0.25) is 0 Å². The molecule has 0 N–H and O–H groups in total. The van der Waals surface area contributed by atoms with Crippen LogP contribution in [0.5, 0.6) is 0 Å². The van der Waals surface area contributed by atoms with Gasteiger partial charge in [0.1, 0.15) is 12.2 Å². The molecule has 5 heterocycles. The fraction of sp³-hybridized carbons (Fsp3) is 0.556. The minimum absolute atomic E-state index is 0.467. The van der Waals surface area contributed by atoms with E-state index < -0.39 is 0 Å². The third-order valence-electron chi connectivity index (χ3n) is 5.38. The largest absolute Gasteiger partial charge is 0.381 e. The summed E-state index contributed by atoms with van der Waals surface area (Å²) < 4.78 is 9.37. The number of ether oxygens (including phenoxy) is 1. The maximum atomic E-state index is 5.46. The van der Waals surface area contributed by atoms with Gasteiger partial charge in [0.25, 0.3) is 0 Å². The van der Waals surface area contributed by atoms with Crippen molar-refractivity contribution in [3.63, 3.8) is 0 Å². The Morgan fingerprint density at radius 1 is 1.15 bits per heavy atom. The van der Waals surface area contributed by atoms with Crippen LogP contribution in [0.3, 0.4) is 0 Å². The number of hydrogen-bond acceptors (Lipinski definition) is 6. The standard InChI is InChI=1S/C18H23N7O/c1-6-24-17(19-13-20-24)11-14(1)12-23-5-2-16-21-18(22-25(16)8-7-23)15-3-9-26-10-4-15/h1,6,11,13,15H,2-5,7-10,12H2. The zero-order chi connectivity index (χ0) is 17.3. The van der Waals surface area contributed by atoms with Crippen molar-refractivity contribution in [2.45, 2.75) is 38.3 Å². The van der Waals surface area contributed by atoms with Crippen LogP contribution in [0.15, 0.2) is 24.7 Å². The van der Waals surface area contributed by atoms with Gasteiger partial charge in [-0.05, 0) is 30.5 Å². The molecule has 0 aliphatic carbocycles. The first-order valence-corrected chi connectivity index (χ1v) is 9.37. The molecular formula is C18H23N7O. The zero-order valence-corrected chi connectivity index (χ0v) is 14.8. The Balaban J connectivity index is 1.26. The van der Waals surface area contributed by atoms with Crippen molar-refractivity contribution in [3.05, 3.63) is 41.9 Å².